The van der Waals surface area contributed by atoms with Crippen LogP contribution in [0.3, 0.4) is 0 Å². The van der Waals surface area contributed by atoms with E-state index in [1.807, 2.05) is 48.5 Å². The van der Waals surface area contributed by atoms with E-state index in [4.69, 9.17) is 9.47 Å². The fourth-order valence-corrected chi connectivity index (χ4v) is 5.79. The number of nitrogens with one attached hydrogen (secondary N) is 1. The van der Waals surface area contributed by atoms with Crippen LogP contribution in [0, 0.1) is 0 Å². The molecule has 3 aromatic carbocycles. The van der Waals surface area contributed by atoms with Crippen molar-refractivity contribution in [2.75, 3.05) is 46.9 Å². The highest BCUT2D eigenvalue weighted by atomic mass is 32.2. The van der Waals surface area contributed by atoms with Crippen LogP contribution < -0.4 is 14.8 Å². The predicted molar refractivity (Wildman–Crippen MR) is 143 cm³/mol. The fourth-order valence-electron chi connectivity index (χ4n) is 4.35. The van der Waals surface area contributed by atoms with Gasteiger partial charge in [0.1, 0.15) is 0 Å². The van der Waals surface area contributed by atoms with Crippen molar-refractivity contribution in [2.24, 2.45) is 0 Å². The lowest BCUT2D eigenvalue weighted by molar-refractivity contribution is 0.0954. The van der Waals surface area contributed by atoms with E-state index in [0.29, 0.717) is 67.6 Å². The third kappa shape index (κ3) is 6.68. The molecule has 0 saturated carbocycles. The molecule has 1 N–H and O–H groups in total. The summed E-state index contributed by atoms with van der Waals surface area (Å²) in [6, 6.07) is 21.9. The second-order valence-corrected chi connectivity index (χ2v) is 10.8. The Labute approximate surface area is 218 Å². The van der Waals surface area contributed by atoms with Gasteiger partial charge in [0, 0.05) is 44.8 Å². The van der Waals surface area contributed by atoms with Crippen LogP contribution in [0.5, 0.6) is 11.5 Å². The van der Waals surface area contributed by atoms with E-state index < -0.39 is 10.0 Å². The number of carbonyl (C=O) groups is 1. The summed E-state index contributed by atoms with van der Waals surface area (Å²) in [6.45, 7) is 3.44. The molecule has 37 heavy (non-hydrogen) atoms. The monoisotopic (exact) mass is 523 g/mol. The molecule has 3 aromatic rings. The first kappa shape index (κ1) is 26.7. The molecule has 1 amide bonds. The smallest absolute Gasteiger partial charge is 0.251 e. The summed E-state index contributed by atoms with van der Waals surface area (Å²) in [6.07, 6.45) is 0.677. The Morgan fingerprint density at radius 3 is 2.14 bits per heavy atom. The van der Waals surface area contributed by atoms with Crippen LogP contribution in [0.25, 0.3) is 0 Å². The maximum atomic E-state index is 12.8. The van der Waals surface area contributed by atoms with Gasteiger partial charge in [-0.2, -0.15) is 4.31 Å². The average Bonchev–Trinajstić information content (AvgIpc) is 2.94. The Hall–Kier alpha value is -3.40. The van der Waals surface area contributed by atoms with Crippen LogP contribution in [-0.4, -0.2) is 70.5 Å². The molecule has 0 atom stereocenters. The van der Waals surface area contributed by atoms with Gasteiger partial charge >= 0.3 is 0 Å². The molecule has 196 valence electrons. The lowest BCUT2D eigenvalue weighted by Gasteiger charge is -2.34. The molecule has 4 rings (SSSR count). The summed E-state index contributed by atoms with van der Waals surface area (Å²) in [4.78, 5) is 15.1. The highest BCUT2D eigenvalue weighted by Gasteiger charge is 2.28. The summed E-state index contributed by atoms with van der Waals surface area (Å²) in [5.74, 6) is 1.22. The van der Waals surface area contributed by atoms with Crippen molar-refractivity contribution < 1.29 is 22.7 Å². The highest BCUT2D eigenvalue weighted by molar-refractivity contribution is 7.89. The molecular weight excluding hydrogens is 490 g/mol. The largest absolute Gasteiger partial charge is 0.493 e. The van der Waals surface area contributed by atoms with Crippen molar-refractivity contribution in [2.45, 2.75) is 17.9 Å². The van der Waals surface area contributed by atoms with Gasteiger partial charge in [0.15, 0.2) is 11.5 Å². The minimum absolute atomic E-state index is 0.119. The number of hydrogen-bond acceptors (Lipinski definition) is 6. The topological polar surface area (TPSA) is 88.2 Å². The summed E-state index contributed by atoms with van der Waals surface area (Å²) in [5.41, 5.74) is 2.74. The van der Waals surface area contributed by atoms with Gasteiger partial charge in [0.05, 0.1) is 19.1 Å². The molecule has 1 saturated heterocycles. The van der Waals surface area contributed by atoms with E-state index in [2.05, 4.69) is 10.2 Å². The van der Waals surface area contributed by atoms with Gasteiger partial charge in [-0.15, -0.1) is 0 Å². The summed E-state index contributed by atoms with van der Waals surface area (Å²) < 4.78 is 37.8. The van der Waals surface area contributed by atoms with Gasteiger partial charge in [-0.1, -0.05) is 36.4 Å². The average molecular weight is 524 g/mol. The first-order chi connectivity index (χ1) is 17.9. The molecular formula is C28H33N3O5S. The molecule has 0 aromatic heterocycles. The fraction of sp³-hybridized carbons (Fsp3) is 0.321. The Morgan fingerprint density at radius 2 is 1.49 bits per heavy atom. The Morgan fingerprint density at radius 1 is 0.838 bits per heavy atom. The number of amides is 1. The van der Waals surface area contributed by atoms with Crippen LogP contribution in [0.2, 0.25) is 0 Å². The molecule has 8 nitrogen and oxygen atoms in total. The van der Waals surface area contributed by atoms with Crippen LogP contribution in [0.1, 0.15) is 21.5 Å². The van der Waals surface area contributed by atoms with E-state index in [1.165, 1.54) is 0 Å². The molecule has 0 spiro atoms. The lowest BCUT2D eigenvalue weighted by Crippen LogP contribution is -2.48. The van der Waals surface area contributed by atoms with Crippen LogP contribution in [0.4, 0.5) is 0 Å². The molecule has 1 aliphatic rings. The standard InChI is InChI=1S/C28H33N3O5S/c1-35-26-13-10-22(20-27(26)36-2)14-15-29-28(32)24-11-8-23(9-12-24)21-30-16-18-31(19-17-30)37(33,34)25-6-4-3-5-7-25/h3-13,20H,14-19,21H2,1-2H3,(H,29,32). The van der Waals surface area contributed by atoms with Gasteiger partial charge in [0.2, 0.25) is 10.0 Å². The third-order valence-corrected chi connectivity index (χ3v) is 8.39. The third-order valence-electron chi connectivity index (χ3n) is 6.48. The van der Waals surface area contributed by atoms with Gasteiger partial charge in [-0.05, 0) is 53.9 Å². The molecule has 1 aliphatic heterocycles. The number of carbonyl (C=O) groups excluding carboxylic acids is 1. The van der Waals surface area contributed by atoms with Gasteiger partial charge < -0.3 is 14.8 Å². The van der Waals surface area contributed by atoms with Gasteiger partial charge in [-0.25, -0.2) is 8.42 Å². The molecule has 1 fully saturated rings. The summed E-state index contributed by atoms with van der Waals surface area (Å²) in [5, 5.41) is 2.96. The summed E-state index contributed by atoms with van der Waals surface area (Å²) >= 11 is 0. The number of benzene rings is 3. The van der Waals surface area contributed by atoms with Crippen molar-refractivity contribution in [3.05, 3.63) is 89.5 Å². The maximum absolute atomic E-state index is 12.8. The van der Waals surface area contributed by atoms with Crippen molar-refractivity contribution in [1.29, 1.82) is 0 Å². The van der Waals surface area contributed by atoms with Crippen LogP contribution in [-0.2, 0) is 23.0 Å². The zero-order chi connectivity index (χ0) is 26.3. The van der Waals surface area contributed by atoms with E-state index >= 15 is 0 Å². The number of ether oxygens (including phenoxy) is 2. The SMILES string of the molecule is COc1ccc(CCNC(=O)c2ccc(CN3CCN(S(=O)(=O)c4ccccc4)CC3)cc2)cc1OC. The first-order valence-corrected chi connectivity index (χ1v) is 13.7. The van der Waals surface area contributed by atoms with E-state index in [1.54, 1.807) is 42.8 Å². The van der Waals surface area contributed by atoms with E-state index in [-0.39, 0.29) is 5.91 Å². The van der Waals surface area contributed by atoms with Crippen molar-refractivity contribution >= 4 is 15.9 Å². The van der Waals surface area contributed by atoms with E-state index in [0.717, 1.165) is 11.1 Å². The normalized spacial score (nSPS) is 14.8. The first-order valence-electron chi connectivity index (χ1n) is 12.3. The number of methoxy groups -OCH3 is 2. The Kier molecular flexibility index (Phi) is 8.81. The molecule has 1 heterocycles. The number of nitrogens with zero attached hydrogens (tertiary/aromatic N) is 2. The van der Waals surface area contributed by atoms with Gasteiger partial charge in [-0.3, -0.25) is 9.69 Å². The lowest BCUT2D eigenvalue weighted by atomic mass is 10.1. The number of sulfonamides is 1. The number of rotatable bonds is 10. The minimum atomic E-state index is -3.46. The molecule has 0 aliphatic carbocycles. The molecule has 0 unspecified atom stereocenters. The molecule has 0 radical (unpaired) electrons. The number of hydrogen-bond donors (Lipinski definition) is 1. The highest BCUT2D eigenvalue weighted by Crippen LogP contribution is 2.27. The molecule has 0 bridgehead atoms. The Bertz CT molecular complexity index is 1290. The maximum Gasteiger partial charge on any atom is 0.251 e. The second-order valence-electron chi connectivity index (χ2n) is 8.89. The Balaban J connectivity index is 1.24. The zero-order valence-electron chi connectivity index (χ0n) is 21.2. The van der Waals surface area contributed by atoms with Gasteiger partial charge in [0.25, 0.3) is 5.91 Å². The molecule has 9 heteroatoms. The second kappa shape index (κ2) is 12.2. The zero-order valence-corrected chi connectivity index (χ0v) is 22.0. The predicted octanol–water partition coefficient (Wildman–Crippen LogP) is 3.18. The summed E-state index contributed by atoms with van der Waals surface area (Å²) in [7, 11) is -0.255. The van der Waals surface area contributed by atoms with Crippen molar-refractivity contribution in [1.82, 2.24) is 14.5 Å². The van der Waals surface area contributed by atoms with Crippen LogP contribution in [0.15, 0.2) is 77.7 Å². The van der Waals surface area contributed by atoms with E-state index in [9.17, 15) is 13.2 Å². The van der Waals surface area contributed by atoms with Crippen molar-refractivity contribution in [3.8, 4) is 11.5 Å². The number of piperazine rings is 1. The minimum Gasteiger partial charge on any atom is -0.493 e. The van der Waals surface area contributed by atoms with Crippen molar-refractivity contribution in [3.63, 3.8) is 0 Å². The van der Waals surface area contributed by atoms with Crippen LogP contribution >= 0.6 is 0 Å². The quantitative estimate of drug-likeness (QED) is 0.439.